The Balaban J connectivity index is 2.07. The highest BCUT2D eigenvalue weighted by molar-refractivity contribution is 9.09. The molecule has 7 nitrogen and oxygen atoms in total. The van der Waals surface area contributed by atoms with Crippen molar-refractivity contribution in [1.82, 2.24) is 9.71 Å². The predicted molar refractivity (Wildman–Crippen MR) is 120 cm³/mol. The average molecular weight is 499 g/mol. The molecular weight excluding hydrogens is 476 g/mol. The third-order valence-electron chi connectivity index (χ3n) is 4.08. The summed E-state index contributed by atoms with van der Waals surface area (Å²) < 4.78 is 34.4. The van der Waals surface area contributed by atoms with Crippen molar-refractivity contribution < 1.29 is 22.7 Å². The lowest BCUT2D eigenvalue weighted by Gasteiger charge is -2.20. The fraction of sp³-hybridized carbons (Fsp3) is 0.316. The van der Waals surface area contributed by atoms with E-state index in [2.05, 4.69) is 25.6 Å². The summed E-state index contributed by atoms with van der Waals surface area (Å²) in [5, 5.41) is 11.9. The maximum absolute atomic E-state index is 11.0. The van der Waals surface area contributed by atoms with Crippen molar-refractivity contribution in [3.05, 3.63) is 42.3 Å². The van der Waals surface area contributed by atoms with E-state index in [0.717, 1.165) is 10.9 Å². The molecule has 0 saturated carbocycles. The molecule has 0 bridgehead atoms. The molecule has 0 aliphatic heterocycles. The van der Waals surface area contributed by atoms with Crippen LogP contribution in [0.25, 0.3) is 22.2 Å². The summed E-state index contributed by atoms with van der Waals surface area (Å²) in [4.78, 5) is 4.04. The van der Waals surface area contributed by atoms with Crippen LogP contribution >= 0.6 is 15.9 Å². The molecule has 156 valence electrons. The molecule has 0 spiro atoms. The van der Waals surface area contributed by atoms with Crippen LogP contribution in [0, 0.1) is 0 Å². The summed E-state index contributed by atoms with van der Waals surface area (Å²) in [6.45, 7) is 6.33. The number of rotatable bonds is 8. The normalized spacial score (nSPS) is 14.1. The Labute approximate surface area is 181 Å². The van der Waals surface area contributed by atoms with Crippen molar-refractivity contribution in [3.63, 3.8) is 0 Å². The van der Waals surface area contributed by atoms with Crippen LogP contribution in [0.15, 0.2) is 40.9 Å². The van der Waals surface area contributed by atoms with Gasteiger partial charge in [0, 0.05) is 23.7 Å². The number of halogens is 1. The maximum Gasteiger partial charge on any atom is 0.242 e. The van der Waals surface area contributed by atoms with E-state index in [1.54, 1.807) is 12.3 Å². The van der Waals surface area contributed by atoms with Crippen LogP contribution in [-0.2, 0) is 11.3 Å². The minimum absolute atomic E-state index is 0.0538. The second-order valence-electron chi connectivity index (χ2n) is 7.46. The molecule has 0 aliphatic rings. The van der Waals surface area contributed by atoms with Gasteiger partial charge in [-0.05, 0) is 38.2 Å². The van der Waals surface area contributed by atoms with Crippen molar-refractivity contribution in [2.24, 2.45) is 0 Å². The first-order valence-corrected chi connectivity index (χ1v) is 14.5. The second-order valence-corrected chi connectivity index (χ2v) is 13.8. The predicted octanol–water partition coefficient (Wildman–Crippen LogP) is 4.97. The molecule has 2 atom stereocenters. The number of furan rings is 1. The molecule has 29 heavy (non-hydrogen) atoms. The van der Waals surface area contributed by atoms with Crippen molar-refractivity contribution in [2.75, 3.05) is 6.54 Å². The SMILES string of the molecule is C[Si](C)(C)Oc1c(C(Br)CCNS(=O)O)oc(-c2ccnc3ccccc23)c1O. The molecule has 3 rings (SSSR count). The number of nitrogens with zero attached hydrogens (tertiary/aromatic N) is 1. The molecule has 0 fully saturated rings. The molecule has 3 N–H and O–H groups in total. The van der Waals surface area contributed by atoms with Gasteiger partial charge in [-0.3, -0.25) is 9.54 Å². The van der Waals surface area contributed by atoms with Gasteiger partial charge in [0.2, 0.25) is 25.3 Å². The molecule has 0 amide bonds. The summed E-state index contributed by atoms with van der Waals surface area (Å²) >= 11 is 1.48. The van der Waals surface area contributed by atoms with Gasteiger partial charge in [-0.25, -0.2) is 8.93 Å². The molecule has 2 heterocycles. The number of alkyl halides is 1. The van der Waals surface area contributed by atoms with E-state index in [4.69, 9.17) is 13.4 Å². The fourth-order valence-electron chi connectivity index (χ4n) is 2.92. The molecule has 1 aromatic carbocycles. The van der Waals surface area contributed by atoms with Crippen molar-refractivity contribution in [2.45, 2.75) is 30.9 Å². The van der Waals surface area contributed by atoms with Gasteiger partial charge < -0.3 is 13.9 Å². The highest BCUT2D eigenvalue weighted by atomic mass is 79.9. The number of benzene rings is 1. The number of aromatic hydroxyl groups is 1. The lowest BCUT2D eigenvalue weighted by molar-refractivity contribution is 0.438. The molecule has 2 unspecified atom stereocenters. The summed E-state index contributed by atoms with van der Waals surface area (Å²) in [7, 11) is -2.05. The van der Waals surface area contributed by atoms with E-state index in [1.165, 1.54) is 0 Å². The largest absolute Gasteiger partial charge is 0.539 e. The average Bonchev–Trinajstić information content (AvgIpc) is 2.96. The topological polar surface area (TPSA) is 105 Å². The van der Waals surface area contributed by atoms with E-state index < -0.39 is 19.6 Å². The van der Waals surface area contributed by atoms with Gasteiger partial charge in [0.1, 0.15) is 0 Å². The first kappa shape index (κ1) is 22.0. The zero-order valence-corrected chi connectivity index (χ0v) is 19.7. The molecular formula is C19H23BrN2O5SSi. The molecule has 0 radical (unpaired) electrons. The number of aromatic nitrogens is 1. The van der Waals surface area contributed by atoms with Gasteiger partial charge >= 0.3 is 0 Å². The number of pyridine rings is 1. The van der Waals surface area contributed by atoms with Crippen molar-refractivity contribution in [3.8, 4) is 22.8 Å². The van der Waals surface area contributed by atoms with E-state index >= 15 is 0 Å². The van der Waals surface area contributed by atoms with Gasteiger partial charge in [-0.2, -0.15) is 0 Å². The van der Waals surface area contributed by atoms with Gasteiger partial charge in [-0.15, -0.1) is 0 Å². The van der Waals surface area contributed by atoms with E-state index in [1.807, 2.05) is 43.9 Å². The van der Waals surface area contributed by atoms with E-state index in [9.17, 15) is 9.32 Å². The van der Waals surface area contributed by atoms with E-state index in [-0.39, 0.29) is 17.1 Å². The van der Waals surface area contributed by atoms with Crippen LogP contribution < -0.4 is 9.15 Å². The highest BCUT2D eigenvalue weighted by Gasteiger charge is 2.31. The fourth-order valence-corrected chi connectivity index (χ4v) is 4.55. The molecule has 10 heteroatoms. The Morgan fingerprint density at radius 1 is 1.31 bits per heavy atom. The second kappa shape index (κ2) is 8.96. The Morgan fingerprint density at radius 2 is 2.03 bits per heavy atom. The Hall–Kier alpha value is -1.72. The van der Waals surface area contributed by atoms with Crippen LogP contribution in [-0.4, -0.2) is 33.7 Å². The van der Waals surface area contributed by atoms with Gasteiger partial charge in [0.05, 0.1) is 10.3 Å². The number of nitrogens with one attached hydrogen (secondary N) is 1. The van der Waals surface area contributed by atoms with Crippen LogP contribution in [0.4, 0.5) is 0 Å². The van der Waals surface area contributed by atoms with Gasteiger partial charge in [-0.1, -0.05) is 34.1 Å². The number of hydrogen-bond donors (Lipinski definition) is 3. The Kier molecular flexibility index (Phi) is 6.79. The van der Waals surface area contributed by atoms with Crippen molar-refractivity contribution >= 4 is 46.4 Å². The third kappa shape index (κ3) is 5.26. The standard InChI is InChI=1S/C19H23BrN2O5SSi/c1-29(2,3)27-19-16(23)17(26-18(19)14(20)9-11-22-28(24)25)13-8-10-21-15-7-5-4-6-12(13)15/h4-8,10,14,22-23H,9,11H2,1-3H3,(H,24,25). The zero-order valence-electron chi connectivity index (χ0n) is 16.3. The molecule has 2 aromatic heterocycles. The summed E-state index contributed by atoms with van der Waals surface area (Å²) in [5.74, 6) is 1.02. The van der Waals surface area contributed by atoms with Crippen LogP contribution in [0.1, 0.15) is 17.0 Å². The zero-order chi connectivity index (χ0) is 21.2. The lowest BCUT2D eigenvalue weighted by Crippen LogP contribution is -2.29. The van der Waals surface area contributed by atoms with Crippen molar-refractivity contribution in [1.29, 1.82) is 0 Å². The maximum atomic E-state index is 11.0. The highest BCUT2D eigenvalue weighted by Crippen LogP contribution is 2.49. The Morgan fingerprint density at radius 3 is 2.72 bits per heavy atom. The third-order valence-corrected chi connectivity index (χ3v) is 6.22. The van der Waals surface area contributed by atoms with Crippen LogP contribution in [0.5, 0.6) is 11.5 Å². The lowest BCUT2D eigenvalue weighted by atomic mass is 10.1. The summed E-state index contributed by atoms with van der Waals surface area (Å²) in [6.07, 6.45) is 2.13. The number of fused-ring (bicyclic) bond motifs is 1. The minimum atomic E-state index is -2.09. The minimum Gasteiger partial charge on any atom is -0.539 e. The summed E-state index contributed by atoms with van der Waals surface area (Å²) in [5.41, 5.74) is 1.51. The number of para-hydroxylation sites is 1. The quantitative estimate of drug-likeness (QED) is 0.230. The molecule has 0 saturated heterocycles. The van der Waals surface area contributed by atoms with Gasteiger partial charge in [0.25, 0.3) is 0 Å². The summed E-state index contributed by atoms with van der Waals surface area (Å²) in [6, 6.07) is 9.42. The van der Waals surface area contributed by atoms with Gasteiger partial charge in [0.15, 0.2) is 17.3 Å². The van der Waals surface area contributed by atoms with E-state index in [0.29, 0.717) is 29.3 Å². The smallest absolute Gasteiger partial charge is 0.242 e. The monoisotopic (exact) mass is 498 g/mol. The Bertz CT molecular complexity index is 1030. The molecule has 3 aromatic rings. The van der Waals surface area contributed by atoms with Crippen LogP contribution in [0.2, 0.25) is 19.6 Å². The van der Waals surface area contributed by atoms with Crippen LogP contribution in [0.3, 0.4) is 0 Å². The first-order valence-electron chi connectivity index (χ1n) is 9.04. The number of hydrogen-bond acceptors (Lipinski definition) is 5. The molecule has 0 aliphatic carbocycles. The first-order chi connectivity index (χ1) is 13.7.